The third kappa shape index (κ3) is 4.44. The van der Waals surface area contributed by atoms with Gasteiger partial charge < -0.3 is 20.1 Å². The van der Waals surface area contributed by atoms with Crippen LogP contribution in [0.25, 0.3) is 22.3 Å². The van der Waals surface area contributed by atoms with Crippen molar-refractivity contribution in [3.8, 4) is 11.3 Å². The number of nitrogens with zero attached hydrogens (tertiary/aromatic N) is 7. The Morgan fingerprint density at radius 2 is 1.85 bits per heavy atom. The van der Waals surface area contributed by atoms with E-state index in [-0.39, 0.29) is 0 Å². The molecule has 0 aliphatic carbocycles. The summed E-state index contributed by atoms with van der Waals surface area (Å²) >= 11 is 0. The number of anilines is 3. The molecule has 2 N–H and O–H groups in total. The van der Waals surface area contributed by atoms with Crippen LogP contribution in [0.3, 0.4) is 0 Å². The maximum absolute atomic E-state index is 4.75. The van der Waals surface area contributed by atoms with Crippen LogP contribution < -0.4 is 10.6 Å². The van der Waals surface area contributed by atoms with E-state index in [1.165, 1.54) is 5.56 Å². The van der Waals surface area contributed by atoms with Gasteiger partial charge >= 0.3 is 0 Å². The summed E-state index contributed by atoms with van der Waals surface area (Å²) in [6, 6.07) is 9.15. The molecule has 9 heteroatoms. The van der Waals surface area contributed by atoms with Crippen molar-refractivity contribution in [1.29, 1.82) is 0 Å². The topological polar surface area (TPSA) is 87.0 Å². The Labute approximate surface area is 199 Å². The number of imidazole rings is 1. The van der Waals surface area contributed by atoms with Crippen LogP contribution in [-0.4, -0.2) is 74.1 Å². The summed E-state index contributed by atoms with van der Waals surface area (Å²) in [5.41, 5.74) is 5.68. The van der Waals surface area contributed by atoms with E-state index in [4.69, 9.17) is 9.97 Å². The fraction of sp³-hybridized carbons (Fsp3) is 0.360. The van der Waals surface area contributed by atoms with Crippen molar-refractivity contribution in [3.63, 3.8) is 0 Å². The number of hydrogen-bond donors (Lipinski definition) is 2. The van der Waals surface area contributed by atoms with Crippen LogP contribution in [0.4, 0.5) is 17.3 Å². The Hall–Kier alpha value is -3.56. The SMILES string of the molecule is CNc1nc(Nc2ccc(CN3CCN(C)[C@@H](C)C3)cc2)cnc1-c1cncc2c1ncn2C. The molecule has 4 aromatic rings. The van der Waals surface area contributed by atoms with E-state index in [2.05, 4.69) is 68.6 Å². The summed E-state index contributed by atoms with van der Waals surface area (Å²) in [4.78, 5) is 23.3. The van der Waals surface area contributed by atoms with Crippen LogP contribution in [-0.2, 0) is 13.6 Å². The first kappa shape index (κ1) is 22.2. The second-order valence-electron chi connectivity index (χ2n) is 9.00. The van der Waals surface area contributed by atoms with Crippen LogP contribution in [0.15, 0.2) is 49.2 Å². The maximum Gasteiger partial charge on any atom is 0.154 e. The molecule has 0 bridgehead atoms. The molecule has 176 valence electrons. The predicted molar refractivity (Wildman–Crippen MR) is 136 cm³/mol. The molecule has 9 nitrogen and oxygen atoms in total. The zero-order valence-corrected chi connectivity index (χ0v) is 20.2. The Morgan fingerprint density at radius 3 is 2.62 bits per heavy atom. The number of fused-ring (bicyclic) bond motifs is 1. The fourth-order valence-corrected chi connectivity index (χ4v) is 4.40. The third-order valence-corrected chi connectivity index (χ3v) is 6.58. The number of hydrogen-bond acceptors (Lipinski definition) is 8. The van der Waals surface area contributed by atoms with E-state index >= 15 is 0 Å². The molecule has 34 heavy (non-hydrogen) atoms. The molecule has 4 heterocycles. The van der Waals surface area contributed by atoms with Crippen molar-refractivity contribution in [2.24, 2.45) is 7.05 Å². The summed E-state index contributed by atoms with van der Waals surface area (Å²) < 4.78 is 1.95. The maximum atomic E-state index is 4.75. The highest BCUT2D eigenvalue weighted by atomic mass is 15.3. The summed E-state index contributed by atoms with van der Waals surface area (Å²) in [7, 11) is 6.00. The molecule has 1 atom stereocenters. The van der Waals surface area contributed by atoms with Gasteiger partial charge in [0.05, 0.1) is 29.8 Å². The van der Waals surface area contributed by atoms with Gasteiger partial charge in [-0.1, -0.05) is 12.1 Å². The van der Waals surface area contributed by atoms with Crippen molar-refractivity contribution in [1.82, 2.24) is 34.3 Å². The number of piperazine rings is 1. The summed E-state index contributed by atoms with van der Waals surface area (Å²) in [6.07, 6.45) is 7.12. The molecule has 1 aliphatic heterocycles. The predicted octanol–water partition coefficient (Wildman–Crippen LogP) is 3.35. The molecule has 0 saturated carbocycles. The Kier molecular flexibility index (Phi) is 6.12. The van der Waals surface area contributed by atoms with Gasteiger partial charge in [-0.25, -0.2) is 15.0 Å². The largest absolute Gasteiger partial charge is 0.371 e. The average Bonchev–Trinajstić information content (AvgIpc) is 3.23. The molecule has 1 saturated heterocycles. The van der Waals surface area contributed by atoms with E-state index < -0.39 is 0 Å². The number of likely N-dealkylation sites (N-methyl/N-ethyl adjacent to an activating group) is 1. The van der Waals surface area contributed by atoms with Crippen molar-refractivity contribution in [2.75, 3.05) is 44.4 Å². The van der Waals surface area contributed by atoms with Crippen LogP contribution in [0, 0.1) is 0 Å². The Bertz CT molecular complexity index is 1280. The third-order valence-electron chi connectivity index (χ3n) is 6.58. The molecule has 1 fully saturated rings. The quantitative estimate of drug-likeness (QED) is 0.456. The fourth-order valence-electron chi connectivity index (χ4n) is 4.40. The zero-order valence-electron chi connectivity index (χ0n) is 20.2. The molecular formula is C25H31N9. The molecule has 0 amide bonds. The van der Waals surface area contributed by atoms with Gasteiger partial charge in [0.15, 0.2) is 11.6 Å². The zero-order chi connectivity index (χ0) is 23.7. The second-order valence-corrected chi connectivity index (χ2v) is 9.00. The standard InChI is InChI=1S/C25H31N9/c1-17-14-34(10-9-32(17)3)15-18-5-7-19(8-6-18)30-22-13-28-24(25(26-2)31-22)20-11-27-12-21-23(20)29-16-33(21)4/h5-8,11-13,16-17H,9-10,14-15H2,1-4H3,(H2,26,30,31)/t17-/m0/s1. The lowest BCUT2D eigenvalue weighted by Crippen LogP contribution is -2.49. The van der Waals surface area contributed by atoms with Crippen molar-refractivity contribution in [2.45, 2.75) is 19.5 Å². The van der Waals surface area contributed by atoms with Gasteiger partial charge in [0.25, 0.3) is 0 Å². The number of pyridine rings is 1. The Balaban J connectivity index is 1.31. The van der Waals surface area contributed by atoms with Gasteiger partial charge in [0, 0.05) is 58.2 Å². The monoisotopic (exact) mass is 457 g/mol. The first-order valence-corrected chi connectivity index (χ1v) is 11.6. The van der Waals surface area contributed by atoms with Crippen molar-refractivity contribution in [3.05, 3.63) is 54.7 Å². The van der Waals surface area contributed by atoms with Gasteiger partial charge in [-0.05, 0) is 31.7 Å². The van der Waals surface area contributed by atoms with E-state index in [9.17, 15) is 0 Å². The minimum atomic E-state index is 0.595. The minimum Gasteiger partial charge on any atom is -0.371 e. The van der Waals surface area contributed by atoms with E-state index in [0.29, 0.717) is 17.7 Å². The van der Waals surface area contributed by atoms with Crippen LogP contribution in [0.2, 0.25) is 0 Å². The normalized spacial score (nSPS) is 17.2. The molecule has 0 spiro atoms. The van der Waals surface area contributed by atoms with Crippen molar-refractivity contribution >= 4 is 28.4 Å². The first-order valence-electron chi connectivity index (χ1n) is 11.6. The number of aromatic nitrogens is 5. The van der Waals surface area contributed by atoms with Gasteiger partial charge in [-0.2, -0.15) is 0 Å². The van der Waals surface area contributed by atoms with E-state index in [0.717, 1.165) is 54.2 Å². The number of aryl methyl sites for hydroxylation is 1. The van der Waals surface area contributed by atoms with E-state index in [1.54, 1.807) is 18.7 Å². The lowest BCUT2D eigenvalue weighted by molar-refractivity contribution is 0.1000. The lowest BCUT2D eigenvalue weighted by Gasteiger charge is -2.37. The highest BCUT2D eigenvalue weighted by Crippen LogP contribution is 2.30. The van der Waals surface area contributed by atoms with Crippen LogP contribution in [0.1, 0.15) is 12.5 Å². The highest BCUT2D eigenvalue weighted by Gasteiger charge is 2.20. The number of nitrogens with one attached hydrogen (secondary N) is 2. The Morgan fingerprint density at radius 1 is 1.03 bits per heavy atom. The molecule has 1 aromatic carbocycles. The van der Waals surface area contributed by atoms with E-state index in [1.807, 2.05) is 24.9 Å². The second kappa shape index (κ2) is 9.36. The summed E-state index contributed by atoms with van der Waals surface area (Å²) in [5.74, 6) is 1.35. The van der Waals surface area contributed by atoms with Gasteiger partial charge in [-0.15, -0.1) is 0 Å². The van der Waals surface area contributed by atoms with Gasteiger partial charge in [0.2, 0.25) is 0 Å². The van der Waals surface area contributed by atoms with Gasteiger partial charge in [-0.3, -0.25) is 9.88 Å². The number of benzene rings is 1. The molecule has 1 aliphatic rings. The van der Waals surface area contributed by atoms with Gasteiger partial charge in [0.1, 0.15) is 11.2 Å². The molecule has 0 radical (unpaired) electrons. The number of rotatable bonds is 6. The molecule has 5 rings (SSSR count). The molecule has 3 aromatic heterocycles. The van der Waals surface area contributed by atoms with Crippen molar-refractivity contribution < 1.29 is 0 Å². The first-order chi connectivity index (χ1) is 16.5. The average molecular weight is 458 g/mol. The highest BCUT2D eigenvalue weighted by molar-refractivity contribution is 5.93. The van der Waals surface area contributed by atoms with Crippen LogP contribution in [0.5, 0.6) is 0 Å². The summed E-state index contributed by atoms with van der Waals surface area (Å²) in [6.45, 7) is 6.60. The minimum absolute atomic E-state index is 0.595. The summed E-state index contributed by atoms with van der Waals surface area (Å²) in [5, 5.41) is 6.54. The molecule has 0 unspecified atom stereocenters. The smallest absolute Gasteiger partial charge is 0.154 e. The lowest BCUT2D eigenvalue weighted by atomic mass is 10.1. The molecular weight excluding hydrogens is 426 g/mol. The van der Waals surface area contributed by atoms with Crippen LogP contribution >= 0.6 is 0 Å².